The highest BCUT2D eigenvalue weighted by Crippen LogP contribution is 2.20. The van der Waals surface area contributed by atoms with Crippen LogP contribution in [0.25, 0.3) is 0 Å². The van der Waals surface area contributed by atoms with Crippen LogP contribution in [0, 0.1) is 5.82 Å². The molecule has 8 heteroatoms. The number of hydrogen-bond acceptors (Lipinski definition) is 4. The largest absolute Gasteiger partial charge is 0.320 e. The van der Waals surface area contributed by atoms with E-state index in [0.29, 0.717) is 5.69 Å². The summed E-state index contributed by atoms with van der Waals surface area (Å²) >= 11 is 0. The Kier molecular flexibility index (Phi) is 4.85. The molecule has 1 heterocycles. The van der Waals surface area contributed by atoms with Gasteiger partial charge in [-0.2, -0.15) is 0 Å². The van der Waals surface area contributed by atoms with Crippen molar-refractivity contribution in [3.63, 3.8) is 0 Å². The van der Waals surface area contributed by atoms with Crippen molar-refractivity contribution in [2.45, 2.75) is 19.9 Å². The number of rotatable bonds is 5. The molecule has 7 nitrogen and oxygen atoms in total. The first-order chi connectivity index (χ1) is 10.9. The van der Waals surface area contributed by atoms with E-state index in [1.54, 1.807) is 4.68 Å². The fourth-order valence-corrected chi connectivity index (χ4v) is 1.71. The van der Waals surface area contributed by atoms with Gasteiger partial charge in [-0.25, -0.2) is 9.07 Å². The van der Waals surface area contributed by atoms with Crippen molar-refractivity contribution >= 4 is 23.2 Å². The van der Waals surface area contributed by atoms with E-state index in [9.17, 15) is 14.0 Å². The third-order valence-electron chi connectivity index (χ3n) is 2.94. The van der Waals surface area contributed by atoms with Gasteiger partial charge >= 0.3 is 0 Å². The van der Waals surface area contributed by atoms with Crippen molar-refractivity contribution < 1.29 is 14.0 Å². The summed E-state index contributed by atoms with van der Waals surface area (Å²) in [7, 11) is 0. The minimum atomic E-state index is -0.621. The molecule has 0 atom stereocenters. The van der Waals surface area contributed by atoms with Crippen LogP contribution in [0.15, 0.2) is 37.1 Å². The van der Waals surface area contributed by atoms with Gasteiger partial charge in [-0.05, 0) is 38.1 Å². The molecule has 120 valence electrons. The van der Waals surface area contributed by atoms with E-state index in [2.05, 4.69) is 27.5 Å². The first kappa shape index (κ1) is 16.3. The van der Waals surface area contributed by atoms with Crippen LogP contribution in [0.4, 0.5) is 15.8 Å². The molecule has 0 unspecified atom stereocenters. The van der Waals surface area contributed by atoms with E-state index in [-0.39, 0.29) is 17.4 Å². The zero-order valence-corrected chi connectivity index (χ0v) is 12.7. The van der Waals surface area contributed by atoms with E-state index in [4.69, 9.17) is 0 Å². The van der Waals surface area contributed by atoms with Crippen molar-refractivity contribution in [3.8, 4) is 0 Å². The molecule has 0 aliphatic rings. The summed E-state index contributed by atoms with van der Waals surface area (Å²) < 4.78 is 15.2. The molecule has 0 aliphatic carbocycles. The maximum Gasteiger partial charge on any atom is 0.277 e. The van der Waals surface area contributed by atoms with Gasteiger partial charge in [0.2, 0.25) is 5.91 Å². The van der Waals surface area contributed by atoms with Crippen LogP contribution in [0.3, 0.4) is 0 Å². The molecule has 0 aliphatic heterocycles. The Balaban J connectivity index is 2.15. The van der Waals surface area contributed by atoms with Gasteiger partial charge < -0.3 is 10.6 Å². The average molecular weight is 317 g/mol. The predicted octanol–water partition coefficient (Wildman–Crippen LogP) is 2.37. The van der Waals surface area contributed by atoms with Crippen molar-refractivity contribution in [1.29, 1.82) is 0 Å². The lowest BCUT2D eigenvalue weighted by atomic mass is 10.2. The summed E-state index contributed by atoms with van der Waals surface area (Å²) in [6.45, 7) is 7.11. The van der Waals surface area contributed by atoms with Crippen LogP contribution in [0.1, 0.15) is 30.4 Å². The Morgan fingerprint density at radius 1 is 1.35 bits per heavy atom. The lowest BCUT2D eigenvalue weighted by Gasteiger charge is -2.08. The monoisotopic (exact) mass is 317 g/mol. The number of carbonyl (C=O) groups is 2. The second-order valence-electron chi connectivity index (χ2n) is 5.02. The van der Waals surface area contributed by atoms with Crippen molar-refractivity contribution in [3.05, 3.63) is 48.6 Å². The number of nitrogens with one attached hydrogen (secondary N) is 2. The molecule has 2 N–H and O–H groups in total. The Labute approximate surface area is 132 Å². The molecule has 23 heavy (non-hydrogen) atoms. The predicted molar refractivity (Wildman–Crippen MR) is 83.6 cm³/mol. The standard InChI is InChI=1S/C15H16FN5O2/c1-4-14(22)18-12-7-10(5-6-11(12)16)17-15(23)13-8-21(9(2)3)20-19-13/h4-9H,1H2,2-3H3,(H,17,23)(H,18,22). The zero-order valence-electron chi connectivity index (χ0n) is 12.7. The maximum absolute atomic E-state index is 13.6. The molecular weight excluding hydrogens is 301 g/mol. The Hall–Kier alpha value is -3.03. The number of anilines is 2. The van der Waals surface area contributed by atoms with Crippen LogP contribution >= 0.6 is 0 Å². The number of carbonyl (C=O) groups excluding carboxylic acids is 2. The van der Waals surface area contributed by atoms with Crippen LogP contribution in [0.5, 0.6) is 0 Å². The van der Waals surface area contributed by atoms with Gasteiger partial charge in [0.1, 0.15) is 5.82 Å². The van der Waals surface area contributed by atoms with Gasteiger partial charge in [0, 0.05) is 11.7 Å². The molecule has 2 rings (SSSR count). The second-order valence-corrected chi connectivity index (χ2v) is 5.02. The Bertz CT molecular complexity index is 754. The van der Waals surface area contributed by atoms with Gasteiger partial charge in [-0.1, -0.05) is 11.8 Å². The zero-order chi connectivity index (χ0) is 17.0. The third kappa shape index (κ3) is 4.00. The Morgan fingerprint density at radius 3 is 2.70 bits per heavy atom. The van der Waals surface area contributed by atoms with Gasteiger partial charge in [0.25, 0.3) is 5.91 Å². The lowest BCUT2D eigenvalue weighted by Crippen LogP contribution is -2.14. The molecule has 0 spiro atoms. The summed E-state index contributed by atoms with van der Waals surface area (Å²) in [5.74, 6) is -1.65. The normalized spacial score (nSPS) is 10.4. The lowest BCUT2D eigenvalue weighted by molar-refractivity contribution is -0.111. The molecule has 0 saturated heterocycles. The van der Waals surface area contributed by atoms with E-state index < -0.39 is 17.6 Å². The number of nitrogens with zero attached hydrogens (tertiary/aromatic N) is 3. The highest BCUT2D eigenvalue weighted by molar-refractivity contribution is 6.03. The van der Waals surface area contributed by atoms with Gasteiger partial charge in [-0.15, -0.1) is 5.10 Å². The molecule has 0 bridgehead atoms. The molecule has 1 aromatic heterocycles. The van der Waals surface area contributed by atoms with Crippen molar-refractivity contribution in [1.82, 2.24) is 15.0 Å². The van der Waals surface area contributed by atoms with E-state index >= 15 is 0 Å². The molecule has 0 saturated carbocycles. The summed E-state index contributed by atoms with van der Waals surface area (Å²) in [6.07, 6.45) is 2.54. The summed E-state index contributed by atoms with van der Waals surface area (Å²) in [5.41, 5.74) is 0.396. The summed E-state index contributed by atoms with van der Waals surface area (Å²) in [6, 6.07) is 3.90. The topological polar surface area (TPSA) is 88.9 Å². The number of amides is 2. The number of halogens is 1. The average Bonchev–Trinajstić information content (AvgIpc) is 3.00. The number of benzene rings is 1. The first-order valence-electron chi connectivity index (χ1n) is 6.87. The molecule has 0 radical (unpaired) electrons. The molecule has 1 aromatic carbocycles. The van der Waals surface area contributed by atoms with E-state index in [1.165, 1.54) is 18.3 Å². The highest BCUT2D eigenvalue weighted by atomic mass is 19.1. The minimum Gasteiger partial charge on any atom is -0.320 e. The van der Waals surface area contributed by atoms with Crippen LogP contribution < -0.4 is 10.6 Å². The summed E-state index contributed by atoms with van der Waals surface area (Å²) in [5, 5.41) is 12.5. The van der Waals surface area contributed by atoms with Crippen molar-refractivity contribution in [2.24, 2.45) is 0 Å². The smallest absolute Gasteiger partial charge is 0.277 e. The molecule has 0 fully saturated rings. The highest BCUT2D eigenvalue weighted by Gasteiger charge is 2.13. The first-order valence-corrected chi connectivity index (χ1v) is 6.87. The maximum atomic E-state index is 13.6. The third-order valence-corrected chi connectivity index (χ3v) is 2.94. The number of hydrogen-bond donors (Lipinski definition) is 2. The van der Waals surface area contributed by atoms with Gasteiger partial charge in [0.15, 0.2) is 5.69 Å². The SMILES string of the molecule is C=CC(=O)Nc1cc(NC(=O)c2cn(C(C)C)nn2)ccc1F. The fourth-order valence-electron chi connectivity index (χ4n) is 1.71. The molecule has 2 aromatic rings. The van der Waals surface area contributed by atoms with Crippen LogP contribution in [0.2, 0.25) is 0 Å². The quantitative estimate of drug-likeness (QED) is 0.829. The van der Waals surface area contributed by atoms with E-state index in [0.717, 1.165) is 12.1 Å². The van der Waals surface area contributed by atoms with Gasteiger partial charge in [0.05, 0.1) is 11.9 Å². The van der Waals surface area contributed by atoms with Crippen LogP contribution in [-0.2, 0) is 4.79 Å². The van der Waals surface area contributed by atoms with E-state index in [1.807, 2.05) is 13.8 Å². The number of aromatic nitrogens is 3. The Morgan fingerprint density at radius 2 is 2.09 bits per heavy atom. The minimum absolute atomic E-state index is 0.0569. The van der Waals surface area contributed by atoms with Gasteiger partial charge in [-0.3, -0.25) is 9.59 Å². The second kappa shape index (κ2) is 6.82. The molecule has 2 amide bonds. The fraction of sp³-hybridized carbons (Fsp3) is 0.200. The van der Waals surface area contributed by atoms with Crippen LogP contribution in [-0.4, -0.2) is 26.8 Å². The molecular formula is C15H16FN5O2. The van der Waals surface area contributed by atoms with Crippen molar-refractivity contribution in [2.75, 3.05) is 10.6 Å². The summed E-state index contributed by atoms with van der Waals surface area (Å²) in [4.78, 5) is 23.4.